The molecular weight excluding hydrogens is 464 g/mol. The summed E-state index contributed by atoms with van der Waals surface area (Å²) < 4.78 is 11.2. The Morgan fingerprint density at radius 3 is 2.44 bits per heavy atom. The highest BCUT2D eigenvalue weighted by molar-refractivity contribution is 7.99. The summed E-state index contributed by atoms with van der Waals surface area (Å²) in [5, 5.41) is 0.760. The van der Waals surface area contributed by atoms with Crippen molar-refractivity contribution >= 4 is 29.3 Å². The van der Waals surface area contributed by atoms with Crippen LogP contribution in [0.25, 0.3) is 0 Å². The number of halogens is 1. The van der Waals surface area contributed by atoms with Crippen LogP contribution in [0.4, 0.5) is 0 Å². The zero-order chi connectivity index (χ0) is 24.4. The molecule has 1 atom stereocenters. The van der Waals surface area contributed by atoms with E-state index >= 15 is 0 Å². The summed E-state index contributed by atoms with van der Waals surface area (Å²) in [6.07, 6.45) is 3.27. The Morgan fingerprint density at radius 2 is 1.74 bits per heavy atom. The van der Waals surface area contributed by atoms with Gasteiger partial charge in [0.05, 0.1) is 12.0 Å². The maximum Gasteiger partial charge on any atom is 0.311 e. The molecule has 3 aromatic rings. The lowest BCUT2D eigenvalue weighted by Crippen LogP contribution is -2.29. The van der Waals surface area contributed by atoms with Gasteiger partial charge >= 0.3 is 5.97 Å². The Hall–Kier alpha value is -2.43. The largest absolute Gasteiger partial charge is 0.489 e. The Labute approximate surface area is 212 Å². The molecule has 3 nitrogen and oxygen atoms in total. The number of carbonyl (C=O) groups is 1. The molecule has 34 heavy (non-hydrogen) atoms. The highest BCUT2D eigenvalue weighted by atomic mass is 35.5. The molecule has 1 unspecified atom stereocenters. The van der Waals surface area contributed by atoms with Gasteiger partial charge in [-0.2, -0.15) is 0 Å². The summed E-state index contributed by atoms with van der Waals surface area (Å²) in [6, 6.07) is 24.5. The van der Waals surface area contributed by atoms with E-state index in [-0.39, 0.29) is 5.97 Å². The van der Waals surface area contributed by atoms with E-state index in [1.165, 1.54) is 0 Å². The van der Waals surface area contributed by atoms with Crippen molar-refractivity contribution in [2.45, 2.75) is 62.9 Å². The summed E-state index contributed by atoms with van der Waals surface area (Å²) in [4.78, 5) is 14.5. The van der Waals surface area contributed by atoms with Crippen LogP contribution in [-0.4, -0.2) is 12.6 Å². The maximum absolute atomic E-state index is 12.3. The van der Waals surface area contributed by atoms with Crippen LogP contribution >= 0.6 is 23.4 Å². The van der Waals surface area contributed by atoms with Crippen LogP contribution in [-0.2, 0) is 22.6 Å². The first-order valence-corrected chi connectivity index (χ1v) is 13.0. The minimum Gasteiger partial charge on any atom is -0.489 e. The molecule has 180 valence electrons. The zero-order valence-electron chi connectivity index (χ0n) is 20.2. The molecule has 3 aromatic carbocycles. The number of ether oxygens (including phenoxy) is 2. The minimum atomic E-state index is -0.439. The van der Waals surface area contributed by atoms with Gasteiger partial charge in [0.25, 0.3) is 0 Å². The van der Waals surface area contributed by atoms with E-state index in [0.29, 0.717) is 13.2 Å². The van der Waals surface area contributed by atoms with Crippen molar-refractivity contribution < 1.29 is 14.3 Å². The first-order chi connectivity index (χ1) is 16.4. The van der Waals surface area contributed by atoms with E-state index in [2.05, 4.69) is 36.4 Å². The SMILES string of the molecule is CCOC(=O)C(C)(CC)CCCc1ccc(Sc2cccc(OCc3ccccc3)c2)cc1Cl. The second-order valence-electron chi connectivity index (χ2n) is 8.59. The second kappa shape index (κ2) is 12.9. The minimum absolute atomic E-state index is 0.106. The van der Waals surface area contributed by atoms with E-state index in [0.717, 1.165) is 57.4 Å². The molecule has 0 aliphatic heterocycles. The first-order valence-electron chi connectivity index (χ1n) is 11.8. The third-order valence-electron chi connectivity index (χ3n) is 6.04. The Bertz CT molecular complexity index is 1070. The standard InChI is InChI=1S/C29H33ClO3S/c1-4-29(3,28(31)32-5-2)18-10-13-23-16-17-26(20-27(23)30)34-25-15-9-14-24(19-25)33-21-22-11-7-6-8-12-22/h6-9,11-12,14-17,19-20H,4-5,10,13,18,21H2,1-3H3. The van der Waals surface area contributed by atoms with Crippen molar-refractivity contribution in [3.63, 3.8) is 0 Å². The quantitative estimate of drug-likeness (QED) is 0.236. The van der Waals surface area contributed by atoms with Crippen molar-refractivity contribution in [2.24, 2.45) is 5.41 Å². The van der Waals surface area contributed by atoms with Gasteiger partial charge in [-0.1, -0.05) is 72.8 Å². The Balaban J connectivity index is 1.56. The normalized spacial score (nSPS) is 12.7. The fraction of sp³-hybridized carbons (Fsp3) is 0.345. The summed E-state index contributed by atoms with van der Waals surface area (Å²) in [5.74, 6) is 0.738. The Kier molecular flexibility index (Phi) is 9.91. The molecule has 3 rings (SSSR count). The van der Waals surface area contributed by atoms with Gasteiger partial charge in [0.1, 0.15) is 12.4 Å². The van der Waals surface area contributed by atoms with Crippen molar-refractivity contribution in [3.05, 3.63) is 88.9 Å². The summed E-state index contributed by atoms with van der Waals surface area (Å²) in [6.45, 7) is 6.84. The van der Waals surface area contributed by atoms with Crippen molar-refractivity contribution in [3.8, 4) is 5.75 Å². The Morgan fingerprint density at radius 1 is 0.971 bits per heavy atom. The number of carbonyl (C=O) groups excluding carboxylic acids is 1. The highest BCUT2D eigenvalue weighted by Crippen LogP contribution is 2.34. The number of hydrogen-bond acceptors (Lipinski definition) is 4. The van der Waals surface area contributed by atoms with Crippen molar-refractivity contribution in [1.82, 2.24) is 0 Å². The third-order valence-corrected chi connectivity index (χ3v) is 7.37. The number of benzene rings is 3. The zero-order valence-corrected chi connectivity index (χ0v) is 21.8. The predicted molar refractivity (Wildman–Crippen MR) is 141 cm³/mol. The summed E-state index contributed by atoms with van der Waals surface area (Å²) in [7, 11) is 0. The van der Waals surface area contributed by atoms with Gasteiger partial charge in [0.15, 0.2) is 0 Å². The van der Waals surface area contributed by atoms with Crippen LogP contribution in [0, 0.1) is 5.41 Å². The van der Waals surface area contributed by atoms with Gasteiger partial charge in [0.2, 0.25) is 0 Å². The van der Waals surface area contributed by atoms with Crippen LogP contribution in [0.15, 0.2) is 82.6 Å². The molecule has 0 heterocycles. The molecule has 0 aromatic heterocycles. The van der Waals surface area contributed by atoms with Crippen LogP contribution in [0.1, 0.15) is 51.2 Å². The summed E-state index contributed by atoms with van der Waals surface area (Å²) >= 11 is 8.27. The lowest BCUT2D eigenvalue weighted by molar-refractivity contribution is -0.155. The van der Waals surface area contributed by atoms with E-state index in [1.54, 1.807) is 11.8 Å². The van der Waals surface area contributed by atoms with Crippen LogP contribution in [0.2, 0.25) is 5.02 Å². The monoisotopic (exact) mass is 496 g/mol. The molecule has 0 spiro atoms. The number of esters is 1. The molecule has 0 aliphatic carbocycles. The summed E-state index contributed by atoms with van der Waals surface area (Å²) in [5.41, 5.74) is 1.81. The van der Waals surface area contributed by atoms with Crippen LogP contribution in [0.3, 0.4) is 0 Å². The highest BCUT2D eigenvalue weighted by Gasteiger charge is 2.32. The topological polar surface area (TPSA) is 35.5 Å². The molecule has 0 saturated carbocycles. The molecule has 0 radical (unpaired) electrons. The molecule has 0 amide bonds. The van der Waals surface area contributed by atoms with Gasteiger partial charge in [-0.3, -0.25) is 4.79 Å². The molecule has 5 heteroatoms. The maximum atomic E-state index is 12.3. The molecule has 0 aliphatic rings. The lowest BCUT2D eigenvalue weighted by atomic mass is 9.82. The first kappa shape index (κ1) is 26.2. The average Bonchev–Trinajstić information content (AvgIpc) is 2.85. The van der Waals surface area contributed by atoms with E-state index in [9.17, 15) is 4.79 Å². The van der Waals surface area contributed by atoms with Gasteiger partial charge in [-0.25, -0.2) is 0 Å². The lowest BCUT2D eigenvalue weighted by Gasteiger charge is -2.25. The second-order valence-corrected chi connectivity index (χ2v) is 10.1. The number of aryl methyl sites for hydroxylation is 1. The molecule has 0 bridgehead atoms. The number of rotatable bonds is 12. The van der Waals surface area contributed by atoms with Crippen LogP contribution < -0.4 is 4.74 Å². The van der Waals surface area contributed by atoms with Gasteiger partial charge < -0.3 is 9.47 Å². The van der Waals surface area contributed by atoms with Crippen molar-refractivity contribution in [2.75, 3.05) is 6.61 Å². The molecule has 0 fully saturated rings. The fourth-order valence-electron chi connectivity index (χ4n) is 3.70. The van der Waals surface area contributed by atoms with E-state index in [1.807, 2.05) is 57.2 Å². The van der Waals surface area contributed by atoms with Gasteiger partial charge in [-0.05, 0) is 81.0 Å². The van der Waals surface area contributed by atoms with Crippen LogP contribution in [0.5, 0.6) is 5.75 Å². The fourth-order valence-corrected chi connectivity index (χ4v) is 4.94. The van der Waals surface area contributed by atoms with Crippen molar-refractivity contribution in [1.29, 1.82) is 0 Å². The molecule has 0 N–H and O–H groups in total. The molecular formula is C29H33ClO3S. The van der Waals surface area contributed by atoms with E-state index in [4.69, 9.17) is 21.1 Å². The van der Waals surface area contributed by atoms with E-state index < -0.39 is 5.41 Å². The molecule has 0 saturated heterocycles. The average molecular weight is 497 g/mol. The van der Waals surface area contributed by atoms with Gasteiger partial charge in [0, 0.05) is 14.8 Å². The smallest absolute Gasteiger partial charge is 0.311 e. The number of hydrogen-bond donors (Lipinski definition) is 0. The predicted octanol–water partition coefficient (Wildman–Crippen LogP) is 8.37. The van der Waals surface area contributed by atoms with Gasteiger partial charge in [-0.15, -0.1) is 0 Å². The third kappa shape index (κ3) is 7.54.